The Balaban J connectivity index is 1.28. The molecule has 0 fully saturated rings. The van der Waals surface area contributed by atoms with E-state index in [1.54, 1.807) is 52.9 Å². The number of aldehydes is 1. The number of rotatable bonds is 24. The van der Waals surface area contributed by atoms with Crippen molar-refractivity contribution in [3.05, 3.63) is 83.0 Å². The fourth-order valence-electron chi connectivity index (χ4n) is 7.80. The molecule has 7 aromatic rings. The molecule has 5 aromatic heterocycles. The van der Waals surface area contributed by atoms with Crippen molar-refractivity contribution in [2.45, 2.75) is 73.1 Å². The van der Waals surface area contributed by atoms with Gasteiger partial charge in [0, 0.05) is 81.0 Å². The molecule has 0 unspecified atom stereocenters. The number of fused-ring (bicyclic) bond motifs is 4. The van der Waals surface area contributed by atoms with Crippen LogP contribution in [0.25, 0.3) is 44.5 Å². The van der Waals surface area contributed by atoms with E-state index in [1.165, 1.54) is 0 Å². The number of hydrogen-bond donors (Lipinski definition) is 4. The minimum Gasteiger partial charge on any atom is -0.491 e. The Morgan fingerprint density at radius 3 is 2.23 bits per heavy atom. The van der Waals surface area contributed by atoms with Crippen LogP contribution in [0.3, 0.4) is 0 Å². The zero-order valence-corrected chi connectivity index (χ0v) is 39.0. The van der Waals surface area contributed by atoms with Crippen LogP contribution >= 0.6 is 0 Å². The van der Waals surface area contributed by atoms with Crippen LogP contribution in [-0.4, -0.2) is 119 Å². The van der Waals surface area contributed by atoms with E-state index in [0.29, 0.717) is 118 Å². The smallest absolute Gasteiger partial charge is 0.407 e. The summed E-state index contributed by atoms with van der Waals surface area (Å²) in [6, 6.07) is 10.1. The summed E-state index contributed by atoms with van der Waals surface area (Å²) in [5.74, 6) is -0.842. The Labute approximate surface area is 395 Å². The number of primary amides is 1. The number of nitrogens with zero attached hydrogens (tertiary/aromatic N) is 9. The number of methoxy groups -OCH3 is 1. The molecule has 0 bridgehead atoms. The summed E-state index contributed by atoms with van der Waals surface area (Å²) in [4.78, 5) is 76.2. The van der Waals surface area contributed by atoms with Gasteiger partial charge >= 0.3 is 12.1 Å². The molecule has 5 heterocycles. The van der Waals surface area contributed by atoms with Gasteiger partial charge in [-0.15, -0.1) is 0 Å². The molecular weight excluding hydrogens is 893 g/mol. The highest BCUT2D eigenvalue weighted by Crippen LogP contribution is 2.37. The van der Waals surface area contributed by atoms with Crippen LogP contribution in [0, 0.1) is 13.8 Å². The van der Waals surface area contributed by atoms with Crippen LogP contribution in [0.1, 0.15) is 75.7 Å². The van der Waals surface area contributed by atoms with Crippen molar-refractivity contribution in [3.63, 3.8) is 0 Å². The average molecular weight is 947 g/mol. The van der Waals surface area contributed by atoms with E-state index in [4.69, 9.17) is 44.7 Å². The predicted octanol–water partition coefficient (Wildman–Crippen LogP) is 5.46. The van der Waals surface area contributed by atoms with E-state index in [-0.39, 0.29) is 50.8 Å². The molecule has 69 heavy (non-hydrogen) atoms. The van der Waals surface area contributed by atoms with Crippen molar-refractivity contribution in [2.75, 3.05) is 45.4 Å². The molecule has 2 aromatic carbocycles. The van der Waals surface area contributed by atoms with Crippen LogP contribution in [-0.2, 0) is 40.4 Å². The molecule has 22 heteroatoms. The van der Waals surface area contributed by atoms with E-state index in [0.717, 1.165) is 5.69 Å². The van der Waals surface area contributed by atoms with E-state index >= 15 is 0 Å². The van der Waals surface area contributed by atoms with Gasteiger partial charge in [-0.3, -0.25) is 33.9 Å². The molecule has 0 radical (unpaired) electrons. The number of aromatic nitrogens is 9. The van der Waals surface area contributed by atoms with Crippen molar-refractivity contribution in [2.24, 2.45) is 5.73 Å². The number of carboxylic acid groups (broad SMARTS) is 1. The number of amides is 3. The number of carboxylic acids is 1. The van der Waals surface area contributed by atoms with Crippen LogP contribution in [0.15, 0.2) is 54.7 Å². The lowest BCUT2D eigenvalue weighted by molar-refractivity contribution is -0.137. The van der Waals surface area contributed by atoms with Crippen molar-refractivity contribution in [1.29, 1.82) is 0 Å². The quantitative estimate of drug-likeness (QED) is 0.0333. The Hall–Kier alpha value is -8.14. The summed E-state index contributed by atoms with van der Waals surface area (Å²) in [5, 5.41) is 24.6. The Kier molecular flexibility index (Phi) is 15.6. The summed E-state index contributed by atoms with van der Waals surface area (Å²) >= 11 is 0. The molecule has 0 aliphatic heterocycles. The predicted molar refractivity (Wildman–Crippen MR) is 254 cm³/mol. The zero-order chi connectivity index (χ0) is 49.2. The van der Waals surface area contributed by atoms with Gasteiger partial charge < -0.3 is 44.2 Å². The number of imidazole rings is 1. The first-order valence-corrected chi connectivity index (χ1v) is 22.4. The zero-order valence-electron chi connectivity index (χ0n) is 39.0. The first kappa shape index (κ1) is 48.8. The van der Waals surface area contributed by atoms with E-state index < -0.39 is 23.9 Å². The number of allylic oxidation sites excluding steroid dienone is 2. The summed E-state index contributed by atoms with van der Waals surface area (Å²) in [6.07, 6.45) is 6.05. The van der Waals surface area contributed by atoms with Gasteiger partial charge in [0.15, 0.2) is 5.82 Å². The molecule has 7 rings (SSSR count). The molecule has 362 valence electrons. The number of hydrogen-bond acceptors (Lipinski definition) is 14. The van der Waals surface area contributed by atoms with Crippen LogP contribution in [0.4, 0.5) is 10.7 Å². The molecule has 22 nitrogen and oxygen atoms in total. The Bertz CT molecular complexity index is 3070. The highest BCUT2D eigenvalue weighted by atomic mass is 16.5. The lowest BCUT2D eigenvalue weighted by atomic mass is 10.1. The summed E-state index contributed by atoms with van der Waals surface area (Å²) in [7, 11) is 1.60. The number of anilines is 1. The third-order valence-electron chi connectivity index (χ3n) is 10.9. The van der Waals surface area contributed by atoms with Crippen LogP contribution < -0.4 is 25.8 Å². The minimum atomic E-state index is -1.09. The number of aliphatic carboxylic acids is 1. The lowest BCUT2D eigenvalue weighted by Gasteiger charge is -2.13. The SMILES string of the molecule is CCn1nc(C)cc1C(=O)Nc1nc2cc(C=O)cc(OCCCOC)c2n1C/C=C/Cn1c2nc(-c3cc(C)nn3CC)ncc2c2cc(C(N)=O)cc(OCCCNC(=O)OCCC(=O)O)c21. The van der Waals surface area contributed by atoms with E-state index in [9.17, 15) is 24.0 Å². The van der Waals surface area contributed by atoms with Crippen molar-refractivity contribution in [1.82, 2.24) is 49.0 Å². The maximum atomic E-state index is 13.8. The van der Waals surface area contributed by atoms with Gasteiger partial charge in [-0.2, -0.15) is 10.2 Å². The van der Waals surface area contributed by atoms with E-state index in [1.807, 2.05) is 55.2 Å². The molecule has 0 saturated heterocycles. The summed E-state index contributed by atoms with van der Waals surface area (Å²) in [6.45, 7) is 9.74. The van der Waals surface area contributed by atoms with Crippen molar-refractivity contribution >= 4 is 69.1 Å². The van der Waals surface area contributed by atoms with Gasteiger partial charge in [0.1, 0.15) is 46.9 Å². The molecule has 5 N–H and O–H groups in total. The average Bonchev–Trinajstić information content (AvgIpc) is 4.09. The number of ether oxygens (including phenoxy) is 4. The molecule has 3 amide bonds. The summed E-state index contributed by atoms with van der Waals surface area (Å²) in [5.41, 5.74) is 11.0. The molecule has 0 spiro atoms. The number of alkyl carbamates (subject to hydrolysis) is 1. The molecule has 0 aliphatic rings. The highest BCUT2D eigenvalue weighted by molar-refractivity contribution is 6.12. The Morgan fingerprint density at radius 2 is 1.52 bits per heavy atom. The van der Waals surface area contributed by atoms with Gasteiger partial charge in [0.25, 0.3) is 5.91 Å². The second kappa shape index (κ2) is 22.1. The number of carbonyl (C=O) groups excluding carboxylic acids is 4. The van der Waals surface area contributed by atoms with Gasteiger partial charge in [-0.1, -0.05) is 12.2 Å². The van der Waals surface area contributed by atoms with Gasteiger partial charge in [0.05, 0.1) is 42.1 Å². The maximum Gasteiger partial charge on any atom is 0.407 e. The van der Waals surface area contributed by atoms with Gasteiger partial charge in [-0.05, 0) is 70.5 Å². The topological polar surface area (TPSA) is 277 Å². The normalized spacial score (nSPS) is 11.5. The first-order valence-electron chi connectivity index (χ1n) is 22.4. The largest absolute Gasteiger partial charge is 0.491 e. The second-order valence-electron chi connectivity index (χ2n) is 15.8. The molecular formula is C47H54N12O10. The molecule has 0 atom stereocenters. The van der Waals surface area contributed by atoms with Gasteiger partial charge in [0.2, 0.25) is 11.9 Å². The lowest BCUT2D eigenvalue weighted by Crippen LogP contribution is -2.27. The fourth-order valence-corrected chi connectivity index (χ4v) is 7.80. The third-order valence-corrected chi connectivity index (χ3v) is 10.9. The number of nitrogens with one attached hydrogen (secondary N) is 2. The number of carbonyl (C=O) groups is 5. The minimum absolute atomic E-state index is 0.0957. The second-order valence-corrected chi connectivity index (χ2v) is 15.8. The number of nitrogens with two attached hydrogens (primary N) is 1. The first-order chi connectivity index (χ1) is 33.3. The summed E-state index contributed by atoms with van der Waals surface area (Å²) < 4.78 is 29.9. The van der Waals surface area contributed by atoms with Gasteiger partial charge in [-0.25, -0.2) is 19.7 Å². The van der Waals surface area contributed by atoms with Crippen LogP contribution in [0.2, 0.25) is 0 Å². The standard InChI is InChI=1S/C47H54N12O10/c1-6-58-35(20-28(3)54-58)43-50-26-33-32-24-31(42(48)63)25-38(67-17-10-13-49-47(65)69-19-12-39(61)62)40(32)56(44(33)52-43)14-8-9-15-57-41-34(22-30(27-60)23-37(41)68-18-11-16-66-5)51-46(57)53-45(64)36-21-29(4)55-59(36)7-2/h8-9,20-27H,6-7,10-19H2,1-5H3,(H2,48,63)(H,49,65)(H,61,62)(H,51,53,64)/b9-8+. The number of benzene rings is 2. The van der Waals surface area contributed by atoms with Crippen molar-refractivity contribution < 1.29 is 48.0 Å². The van der Waals surface area contributed by atoms with Crippen molar-refractivity contribution in [3.8, 4) is 23.0 Å². The maximum absolute atomic E-state index is 13.8. The fraction of sp³-hybridized carbons (Fsp3) is 0.362. The molecule has 0 aliphatic carbocycles. The monoisotopic (exact) mass is 946 g/mol. The number of aryl methyl sites for hydroxylation is 4. The van der Waals surface area contributed by atoms with E-state index in [2.05, 4.69) is 20.8 Å². The third kappa shape index (κ3) is 11.2. The Morgan fingerprint density at radius 1 is 0.812 bits per heavy atom. The highest BCUT2D eigenvalue weighted by Gasteiger charge is 2.23. The molecule has 0 saturated carbocycles. The van der Waals surface area contributed by atoms with Crippen LogP contribution in [0.5, 0.6) is 11.5 Å².